The van der Waals surface area contributed by atoms with Crippen molar-refractivity contribution in [3.8, 4) is 17.0 Å². The van der Waals surface area contributed by atoms with Gasteiger partial charge >= 0.3 is 12.1 Å². The summed E-state index contributed by atoms with van der Waals surface area (Å²) in [4.78, 5) is 32.1. The SMILES string of the molecule is O=C(COC(=O)c1ccc(-c2cnco2)cc1)Nc1cc(C(F)(F)F)ccc1-n1cncn1. The van der Waals surface area contributed by atoms with Gasteiger partial charge in [-0.3, -0.25) is 4.79 Å². The van der Waals surface area contributed by atoms with Gasteiger partial charge in [0.2, 0.25) is 0 Å². The minimum Gasteiger partial charge on any atom is -0.452 e. The molecule has 0 spiro atoms. The molecule has 2 heterocycles. The first-order valence-corrected chi connectivity index (χ1v) is 9.33. The van der Waals surface area contributed by atoms with Crippen LogP contribution in [-0.2, 0) is 15.7 Å². The summed E-state index contributed by atoms with van der Waals surface area (Å²) < 4.78 is 50.7. The zero-order chi connectivity index (χ0) is 23.4. The van der Waals surface area contributed by atoms with Gasteiger partial charge in [0.05, 0.1) is 28.7 Å². The summed E-state index contributed by atoms with van der Waals surface area (Å²) in [5.41, 5.74) is -0.123. The molecule has 2 aromatic carbocycles. The van der Waals surface area contributed by atoms with Crippen molar-refractivity contribution in [1.82, 2.24) is 19.7 Å². The number of anilines is 1. The Bertz CT molecular complexity index is 1250. The number of benzene rings is 2. The van der Waals surface area contributed by atoms with Gasteiger partial charge in [0, 0.05) is 5.56 Å². The summed E-state index contributed by atoms with van der Waals surface area (Å²) in [6, 6.07) is 8.96. The predicted molar refractivity (Wildman–Crippen MR) is 107 cm³/mol. The highest BCUT2D eigenvalue weighted by Gasteiger charge is 2.31. The Labute approximate surface area is 183 Å². The van der Waals surface area contributed by atoms with E-state index < -0.39 is 30.2 Å². The number of nitrogens with zero attached hydrogens (tertiary/aromatic N) is 4. The zero-order valence-electron chi connectivity index (χ0n) is 16.6. The molecule has 0 bridgehead atoms. The molecule has 0 saturated heterocycles. The number of carbonyl (C=O) groups excluding carboxylic acids is 2. The van der Waals surface area contributed by atoms with E-state index in [4.69, 9.17) is 9.15 Å². The van der Waals surface area contributed by atoms with Gasteiger partial charge in [-0.25, -0.2) is 19.4 Å². The Kier molecular flexibility index (Phi) is 5.89. The van der Waals surface area contributed by atoms with Crippen LogP contribution in [0.2, 0.25) is 0 Å². The average molecular weight is 457 g/mol. The molecule has 2 aromatic heterocycles. The maximum atomic E-state index is 13.1. The number of alkyl halides is 3. The molecular formula is C21H14F3N5O4. The normalized spacial score (nSPS) is 11.2. The molecule has 0 radical (unpaired) electrons. The highest BCUT2D eigenvalue weighted by Crippen LogP contribution is 2.33. The van der Waals surface area contributed by atoms with Gasteiger partial charge in [-0.15, -0.1) is 0 Å². The number of carbonyl (C=O) groups is 2. The van der Waals surface area contributed by atoms with Crippen molar-refractivity contribution in [2.24, 2.45) is 0 Å². The van der Waals surface area contributed by atoms with Gasteiger partial charge in [0.1, 0.15) is 12.7 Å². The van der Waals surface area contributed by atoms with Crippen molar-refractivity contribution >= 4 is 17.6 Å². The summed E-state index contributed by atoms with van der Waals surface area (Å²) in [6.07, 6.45) is 0.623. The minimum atomic E-state index is -4.62. The van der Waals surface area contributed by atoms with Gasteiger partial charge in [-0.05, 0) is 30.3 Å². The third-order valence-corrected chi connectivity index (χ3v) is 4.44. The number of hydrogen-bond donors (Lipinski definition) is 1. The van der Waals surface area contributed by atoms with Crippen molar-refractivity contribution < 1.29 is 31.9 Å². The van der Waals surface area contributed by atoms with E-state index in [0.717, 1.165) is 18.2 Å². The van der Waals surface area contributed by atoms with E-state index in [1.54, 1.807) is 12.1 Å². The van der Waals surface area contributed by atoms with Crippen LogP contribution in [0.4, 0.5) is 18.9 Å². The molecule has 0 saturated carbocycles. The average Bonchev–Trinajstić information content (AvgIpc) is 3.51. The molecule has 0 fully saturated rings. The van der Waals surface area contributed by atoms with Crippen LogP contribution in [0.3, 0.4) is 0 Å². The van der Waals surface area contributed by atoms with Crippen molar-refractivity contribution in [2.75, 3.05) is 11.9 Å². The van der Waals surface area contributed by atoms with Crippen LogP contribution in [0, 0.1) is 0 Å². The lowest BCUT2D eigenvalue weighted by Crippen LogP contribution is -2.22. The number of oxazole rings is 1. The second kappa shape index (κ2) is 8.94. The molecule has 33 heavy (non-hydrogen) atoms. The van der Waals surface area contributed by atoms with E-state index in [1.165, 1.54) is 42.1 Å². The van der Waals surface area contributed by atoms with Crippen LogP contribution in [0.5, 0.6) is 0 Å². The molecule has 168 valence electrons. The van der Waals surface area contributed by atoms with Crippen molar-refractivity contribution in [2.45, 2.75) is 6.18 Å². The predicted octanol–water partition coefficient (Wildman–Crippen LogP) is 3.74. The summed E-state index contributed by atoms with van der Waals surface area (Å²) in [7, 11) is 0. The number of hydrogen-bond acceptors (Lipinski definition) is 7. The Hall–Kier alpha value is -4.48. The lowest BCUT2D eigenvalue weighted by Gasteiger charge is -2.14. The molecule has 0 aliphatic heterocycles. The first-order valence-electron chi connectivity index (χ1n) is 9.33. The van der Waals surface area contributed by atoms with Crippen molar-refractivity contribution in [3.63, 3.8) is 0 Å². The van der Waals surface area contributed by atoms with Gasteiger partial charge in [-0.1, -0.05) is 12.1 Å². The monoisotopic (exact) mass is 457 g/mol. The molecule has 0 aliphatic rings. The maximum Gasteiger partial charge on any atom is 0.416 e. The molecule has 9 nitrogen and oxygen atoms in total. The standard InChI is InChI=1S/C21H14F3N5O4/c22-21(23,24)15-5-6-17(29-11-26-10-27-29)16(7-15)28-19(30)9-32-20(31)14-3-1-13(2-4-14)18-8-25-12-33-18/h1-8,10-12H,9H2,(H,28,30). The summed E-state index contributed by atoms with van der Waals surface area (Å²) in [5.74, 6) is -1.10. The molecule has 0 unspecified atom stereocenters. The van der Waals surface area contributed by atoms with Crippen LogP contribution in [0.25, 0.3) is 17.0 Å². The topological polar surface area (TPSA) is 112 Å². The number of halogens is 3. The van der Waals surface area contributed by atoms with E-state index >= 15 is 0 Å². The number of ether oxygens (including phenoxy) is 1. The fraction of sp³-hybridized carbons (Fsp3) is 0.0952. The van der Waals surface area contributed by atoms with E-state index in [1.807, 2.05) is 0 Å². The van der Waals surface area contributed by atoms with Gasteiger partial charge in [0.25, 0.3) is 5.91 Å². The molecule has 0 aliphatic carbocycles. The quantitative estimate of drug-likeness (QED) is 0.439. The molecular weight excluding hydrogens is 443 g/mol. The Morgan fingerprint density at radius 3 is 2.52 bits per heavy atom. The Morgan fingerprint density at radius 2 is 1.88 bits per heavy atom. The lowest BCUT2D eigenvalue weighted by molar-refractivity contribution is -0.137. The van der Waals surface area contributed by atoms with E-state index in [2.05, 4.69) is 20.4 Å². The van der Waals surface area contributed by atoms with Crippen molar-refractivity contribution in [3.05, 3.63) is 78.8 Å². The second-order valence-electron chi connectivity index (χ2n) is 6.64. The Balaban J connectivity index is 1.43. The molecule has 4 aromatic rings. The zero-order valence-corrected chi connectivity index (χ0v) is 16.6. The van der Waals surface area contributed by atoms with Gasteiger partial charge < -0.3 is 14.5 Å². The molecule has 4 rings (SSSR count). The maximum absolute atomic E-state index is 13.1. The highest BCUT2D eigenvalue weighted by molar-refractivity contribution is 5.96. The summed E-state index contributed by atoms with van der Waals surface area (Å²) in [6.45, 7) is -0.713. The summed E-state index contributed by atoms with van der Waals surface area (Å²) >= 11 is 0. The number of amides is 1. The van der Waals surface area contributed by atoms with E-state index in [-0.39, 0.29) is 16.9 Å². The Morgan fingerprint density at radius 1 is 1.09 bits per heavy atom. The number of nitrogens with one attached hydrogen (secondary N) is 1. The van der Waals surface area contributed by atoms with Crippen molar-refractivity contribution in [1.29, 1.82) is 0 Å². The number of esters is 1. The minimum absolute atomic E-state index is 0.156. The molecule has 1 N–H and O–H groups in total. The largest absolute Gasteiger partial charge is 0.452 e. The fourth-order valence-corrected chi connectivity index (χ4v) is 2.87. The van der Waals surface area contributed by atoms with E-state index in [0.29, 0.717) is 11.3 Å². The highest BCUT2D eigenvalue weighted by atomic mass is 19.4. The van der Waals surface area contributed by atoms with Crippen LogP contribution in [0.1, 0.15) is 15.9 Å². The number of aromatic nitrogens is 4. The lowest BCUT2D eigenvalue weighted by atomic mass is 10.1. The molecule has 12 heteroatoms. The molecule has 1 amide bonds. The van der Waals surface area contributed by atoms with Crippen LogP contribution >= 0.6 is 0 Å². The first-order chi connectivity index (χ1) is 15.8. The summed E-state index contributed by atoms with van der Waals surface area (Å²) in [5, 5.41) is 6.18. The third kappa shape index (κ3) is 5.06. The fourth-order valence-electron chi connectivity index (χ4n) is 2.87. The van der Waals surface area contributed by atoms with Gasteiger partial charge in [0.15, 0.2) is 18.8 Å². The molecule has 0 atom stereocenters. The third-order valence-electron chi connectivity index (χ3n) is 4.44. The van der Waals surface area contributed by atoms with Crippen LogP contribution in [0.15, 0.2) is 72.1 Å². The second-order valence-corrected chi connectivity index (χ2v) is 6.64. The van der Waals surface area contributed by atoms with E-state index in [9.17, 15) is 22.8 Å². The van der Waals surface area contributed by atoms with Crippen LogP contribution in [-0.4, -0.2) is 38.2 Å². The smallest absolute Gasteiger partial charge is 0.416 e. The first kappa shape index (κ1) is 21.7. The van der Waals surface area contributed by atoms with Gasteiger partial charge in [-0.2, -0.15) is 18.3 Å². The number of rotatable bonds is 6. The van der Waals surface area contributed by atoms with Crippen LogP contribution < -0.4 is 5.32 Å².